The maximum absolute atomic E-state index is 13.0. The summed E-state index contributed by atoms with van der Waals surface area (Å²) in [5.74, 6) is -1.47. The van der Waals surface area contributed by atoms with Crippen LogP contribution in [0.5, 0.6) is 0 Å². The third-order valence-corrected chi connectivity index (χ3v) is 16.2. The normalized spacial score (nSPS) is 14.3. The van der Waals surface area contributed by atoms with Gasteiger partial charge in [0.15, 0.2) is 12.2 Å². The quantitative estimate of drug-likeness (QED) is 0.0222. The number of phosphoric ester groups is 2. The van der Waals surface area contributed by atoms with E-state index in [0.717, 1.165) is 96.3 Å². The van der Waals surface area contributed by atoms with Gasteiger partial charge in [-0.15, -0.1) is 0 Å². The molecular weight excluding hydrogens is 1080 g/mol. The summed E-state index contributed by atoms with van der Waals surface area (Å²) >= 11 is 0. The number of hydrogen-bond donors (Lipinski definition) is 3. The van der Waals surface area contributed by atoms with Gasteiger partial charge in [-0.05, 0) is 31.6 Å². The summed E-state index contributed by atoms with van der Waals surface area (Å²) in [4.78, 5) is 72.0. The first-order valence-electron chi connectivity index (χ1n) is 32.6. The smallest absolute Gasteiger partial charge is 0.462 e. The molecule has 2 unspecified atom stereocenters. The van der Waals surface area contributed by atoms with Crippen LogP contribution in [0.2, 0.25) is 0 Å². The lowest BCUT2D eigenvalue weighted by Crippen LogP contribution is -2.30. The molecule has 0 aliphatic carbocycles. The Balaban J connectivity index is 5.22. The van der Waals surface area contributed by atoms with Crippen LogP contribution < -0.4 is 0 Å². The number of aliphatic hydroxyl groups excluding tert-OH is 1. The van der Waals surface area contributed by atoms with Crippen molar-refractivity contribution in [3.8, 4) is 0 Å². The predicted molar refractivity (Wildman–Crippen MR) is 322 cm³/mol. The molecule has 0 fully saturated rings. The SMILES string of the molecule is CCCCCCCCCCCCCCCC(=O)O[C@H](COC(=O)CCCCCCCCCCCCC)COP(=O)(O)OC[C@@H](O)COP(=O)(O)OC[C@@H](COC(=O)CCCCCCCCCC)OC(=O)CCCCCCCCC(C)C. The summed E-state index contributed by atoms with van der Waals surface area (Å²) in [6.07, 6.45) is 39.1. The third-order valence-electron chi connectivity index (χ3n) is 14.3. The van der Waals surface area contributed by atoms with Gasteiger partial charge in [-0.1, -0.05) is 259 Å². The third kappa shape index (κ3) is 56.9. The van der Waals surface area contributed by atoms with Crippen LogP contribution in [0.4, 0.5) is 0 Å². The fourth-order valence-corrected chi connectivity index (χ4v) is 10.8. The zero-order chi connectivity index (χ0) is 59.9. The summed E-state index contributed by atoms with van der Waals surface area (Å²) in [6, 6.07) is 0. The molecule has 480 valence electrons. The summed E-state index contributed by atoms with van der Waals surface area (Å²) in [5, 5.41) is 10.5. The highest BCUT2D eigenvalue weighted by atomic mass is 31.2. The maximum atomic E-state index is 13.0. The van der Waals surface area contributed by atoms with E-state index in [0.29, 0.717) is 31.6 Å². The van der Waals surface area contributed by atoms with Crippen LogP contribution in [-0.2, 0) is 65.4 Å². The van der Waals surface area contributed by atoms with Crippen molar-refractivity contribution in [3.63, 3.8) is 0 Å². The van der Waals surface area contributed by atoms with Gasteiger partial charge in [-0.3, -0.25) is 37.3 Å². The van der Waals surface area contributed by atoms with Crippen molar-refractivity contribution in [2.75, 3.05) is 39.6 Å². The summed E-state index contributed by atoms with van der Waals surface area (Å²) in [7, 11) is -9.88. The van der Waals surface area contributed by atoms with Crippen molar-refractivity contribution < 1.29 is 80.2 Å². The lowest BCUT2D eigenvalue weighted by Gasteiger charge is -2.21. The van der Waals surface area contributed by atoms with E-state index in [4.69, 9.17) is 37.0 Å². The van der Waals surface area contributed by atoms with Gasteiger partial charge < -0.3 is 33.8 Å². The van der Waals surface area contributed by atoms with Gasteiger partial charge in [-0.2, -0.15) is 0 Å². The Morgan fingerprint density at radius 1 is 0.333 bits per heavy atom. The van der Waals surface area contributed by atoms with Gasteiger partial charge in [0.1, 0.15) is 19.3 Å². The minimum absolute atomic E-state index is 0.102. The van der Waals surface area contributed by atoms with E-state index in [-0.39, 0.29) is 25.7 Å². The Labute approximate surface area is 492 Å². The van der Waals surface area contributed by atoms with Gasteiger partial charge in [0, 0.05) is 25.7 Å². The second-order valence-electron chi connectivity index (χ2n) is 22.9. The Kier molecular flexibility index (Phi) is 54.6. The van der Waals surface area contributed by atoms with E-state index < -0.39 is 97.5 Å². The average Bonchev–Trinajstić information content (AvgIpc) is 3.43. The molecule has 0 bridgehead atoms. The highest BCUT2D eigenvalue weighted by molar-refractivity contribution is 7.47. The molecule has 0 saturated heterocycles. The van der Waals surface area contributed by atoms with Crippen LogP contribution >= 0.6 is 15.6 Å². The Morgan fingerprint density at radius 3 is 0.840 bits per heavy atom. The Hall–Kier alpha value is -1.94. The monoisotopic (exact) mass is 1200 g/mol. The maximum Gasteiger partial charge on any atom is 0.472 e. The second kappa shape index (κ2) is 55.9. The molecule has 0 spiro atoms. The van der Waals surface area contributed by atoms with Crippen LogP contribution in [0.1, 0.15) is 311 Å². The van der Waals surface area contributed by atoms with Crippen molar-refractivity contribution >= 4 is 39.5 Å². The fraction of sp³-hybridized carbons (Fsp3) is 0.935. The molecule has 0 radical (unpaired) electrons. The molecule has 0 rings (SSSR count). The molecule has 5 atom stereocenters. The molecule has 0 aromatic heterocycles. The van der Waals surface area contributed by atoms with Crippen molar-refractivity contribution in [1.82, 2.24) is 0 Å². The zero-order valence-electron chi connectivity index (χ0n) is 51.9. The molecule has 0 aliphatic heterocycles. The second-order valence-corrected chi connectivity index (χ2v) is 25.8. The van der Waals surface area contributed by atoms with Crippen LogP contribution in [-0.4, -0.2) is 96.7 Å². The minimum atomic E-state index is -4.94. The van der Waals surface area contributed by atoms with Gasteiger partial charge in [0.05, 0.1) is 26.4 Å². The minimum Gasteiger partial charge on any atom is -0.462 e. The van der Waals surface area contributed by atoms with Crippen molar-refractivity contribution in [2.24, 2.45) is 5.92 Å². The number of phosphoric acid groups is 2. The average molecular weight is 1200 g/mol. The largest absolute Gasteiger partial charge is 0.472 e. The highest BCUT2D eigenvalue weighted by Gasteiger charge is 2.30. The van der Waals surface area contributed by atoms with Crippen LogP contribution in [0, 0.1) is 5.92 Å². The Bertz CT molecular complexity index is 1580. The molecule has 17 nitrogen and oxygen atoms in total. The van der Waals surface area contributed by atoms with E-state index in [1.54, 1.807) is 0 Å². The molecule has 81 heavy (non-hydrogen) atoms. The van der Waals surface area contributed by atoms with E-state index >= 15 is 0 Å². The number of unbranched alkanes of at least 4 members (excludes halogenated alkanes) is 34. The molecule has 0 amide bonds. The number of carbonyl (C=O) groups excluding carboxylic acids is 4. The predicted octanol–water partition coefficient (Wildman–Crippen LogP) is 17.0. The lowest BCUT2D eigenvalue weighted by molar-refractivity contribution is -0.161. The van der Waals surface area contributed by atoms with Crippen molar-refractivity contribution in [1.29, 1.82) is 0 Å². The van der Waals surface area contributed by atoms with E-state index in [1.165, 1.54) is 128 Å². The number of carbonyl (C=O) groups is 4. The van der Waals surface area contributed by atoms with Gasteiger partial charge in [0.25, 0.3) is 0 Å². The van der Waals surface area contributed by atoms with Gasteiger partial charge in [0.2, 0.25) is 0 Å². The highest BCUT2D eigenvalue weighted by Crippen LogP contribution is 2.45. The molecule has 0 saturated carbocycles. The first-order chi connectivity index (χ1) is 39.0. The topological polar surface area (TPSA) is 237 Å². The van der Waals surface area contributed by atoms with E-state index in [1.807, 2.05) is 0 Å². The zero-order valence-corrected chi connectivity index (χ0v) is 53.7. The number of aliphatic hydroxyl groups is 1. The molecule has 0 heterocycles. The lowest BCUT2D eigenvalue weighted by atomic mass is 10.0. The van der Waals surface area contributed by atoms with Crippen LogP contribution in [0.15, 0.2) is 0 Å². The summed E-state index contributed by atoms with van der Waals surface area (Å²) in [5.41, 5.74) is 0. The van der Waals surface area contributed by atoms with Crippen molar-refractivity contribution in [3.05, 3.63) is 0 Å². The van der Waals surface area contributed by atoms with Crippen molar-refractivity contribution in [2.45, 2.75) is 329 Å². The van der Waals surface area contributed by atoms with E-state index in [2.05, 4.69) is 34.6 Å². The van der Waals surface area contributed by atoms with Crippen LogP contribution in [0.3, 0.4) is 0 Å². The molecule has 3 N–H and O–H groups in total. The molecule has 19 heteroatoms. The number of hydrogen-bond acceptors (Lipinski definition) is 15. The first-order valence-corrected chi connectivity index (χ1v) is 35.6. The first kappa shape index (κ1) is 79.1. The standard InChI is InChI=1S/C62H120O17P2/c1-6-9-12-15-18-21-23-24-26-28-31-37-42-47-61(66)78-57(51-73-60(65)46-41-36-30-27-25-22-19-16-13-10-7-2)53-76-80(68,69)74-49-56(63)50-75-81(70,71)77-54-58(52-72-59(64)45-40-35-29-20-17-14-11-8-3)79-62(67)48-43-38-33-32-34-39-44-55(4)5/h55-58,63H,6-54H2,1-5H3,(H,68,69)(H,70,71)/t56-,57-,58-/m1/s1. The number of rotatable bonds is 62. The molecule has 0 aromatic carbocycles. The summed E-state index contributed by atoms with van der Waals surface area (Å²) < 4.78 is 67.8. The fourth-order valence-electron chi connectivity index (χ4n) is 9.23. The van der Waals surface area contributed by atoms with Gasteiger partial charge in [-0.25, -0.2) is 9.13 Å². The number of ether oxygens (including phenoxy) is 4. The molecular formula is C62H120O17P2. The molecule has 0 aromatic rings. The summed E-state index contributed by atoms with van der Waals surface area (Å²) in [6.45, 7) is 7.06. The van der Waals surface area contributed by atoms with Crippen LogP contribution in [0.25, 0.3) is 0 Å². The Morgan fingerprint density at radius 2 is 0.568 bits per heavy atom. The van der Waals surface area contributed by atoms with Gasteiger partial charge >= 0.3 is 39.5 Å². The molecule has 0 aliphatic rings. The number of esters is 4. The van der Waals surface area contributed by atoms with E-state index in [9.17, 15) is 43.2 Å².